The van der Waals surface area contributed by atoms with Crippen LogP contribution in [0.3, 0.4) is 0 Å². The van der Waals surface area contributed by atoms with Gasteiger partial charge >= 0.3 is 0 Å². The van der Waals surface area contributed by atoms with Crippen molar-refractivity contribution in [2.24, 2.45) is 5.92 Å². The van der Waals surface area contributed by atoms with Crippen molar-refractivity contribution in [3.8, 4) is 0 Å². The summed E-state index contributed by atoms with van der Waals surface area (Å²) in [6, 6.07) is 6.19. The second-order valence-electron chi connectivity index (χ2n) is 3.93. The number of carbonyl (C=O) groups excluding carboxylic acids is 3. The molecule has 0 aromatic heterocycles. The van der Waals surface area contributed by atoms with E-state index in [0.717, 1.165) is 0 Å². The first-order chi connectivity index (χ1) is 8.02. The van der Waals surface area contributed by atoms with Crippen molar-refractivity contribution in [1.29, 1.82) is 0 Å². The molecule has 1 aliphatic heterocycles. The van der Waals surface area contributed by atoms with E-state index < -0.39 is 23.7 Å². The second-order valence-corrected chi connectivity index (χ2v) is 4.33. The Kier molecular flexibility index (Phi) is 2.98. The van der Waals surface area contributed by atoms with Crippen molar-refractivity contribution in [3.63, 3.8) is 0 Å². The minimum Gasteiger partial charge on any atom is -0.341 e. The molecular weight excluding hydrogens is 242 g/mol. The molecule has 0 aliphatic carbocycles. The second kappa shape index (κ2) is 4.30. The topological polar surface area (TPSA) is 63.2 Å². The Hall–Kier alpha value is -1.68. The van der Waals surface area contributed by atoms with E-state index in [1.807, 2.05) is 0 Å². The fourth-order valence-electron chi connectivity index (χ4n) is 1.99. The van der Waals surface area contributed by atoms with Gasteiger partial charge in [0.25, 0.3) is 5.91 Å². The fraction of sp³-hybridized carbons (Fsp3) is 0.250. The number of hydrogen-bond acceptors (Lipinski definition) is 3. The molecule has 2 rings (SSSR count). The number of amides is 1. The lowest BCUT2D eigenvalue weighted by Gasteiger charge is -2.16. The number of Topliss-reactive ketones (excluding diaryl/α,β-unsaturated/α-hetero) is 2. The van der Waals surface area contributed by atoms with E-state index in [-0.39, 0.29) is 5.78 Å². The van der Waals surface area contributed by atoms with Crippen LogP contribution < -0.4 is 5.32 Å². The lowest BCUT2D eigenvalue weighted by molar-refractivity contribution is -0.139. The summed E-state index contributed by atoms with van der Waals surface area (Å²) in [5, 5.41) is 2.93. The standard InChI is InChI=1S/C12H10ClNO3/c1-6(15)9-10(14-12(17)11(9)16)7-4-2-3-5-8(7)13/h2-5,9-10H,1H3,(H,14,17). The third-order valence-corrected chi connectivity index (χ3v) is 3.15. The molecule has 0 radical (unpaired) electrons. The van der Waals surface area contributed by atoms with E-state index >= 15 is 0 Å². The number of carbonyl (C=O) groups is 3. The molecule has 1 heterocycles. The van der Waals surface area contributed by atoms with Crippen molar-refractivity contribution >= 4 is 29.1 Å². The molecule has 1 aromatic rings. The summed E-state index contributed by atoms with van der Waals surface area (Å²) in [5.41, 5.74) is 0.591. The molecule has 1 saturated heterocycles. The Balaban J connectivity index is 2.45. The molecule has 1 aromatic carbocycles. The summed E-state index contributed by atoms with van der Waals surface area (Å²) in [6.45, 7) is 1.30. The zero-order valence-electron chi connectivity index (χ0n) is 9.07. The molecule has 1 N–H and O–H groups in total. The number of ketones is 2. The first-order valence-corrected chi connectivity index (χ1v) is 5.49. The van der Waals surface area contributed by atoms with E-state index in [9.17, 15) is 14.4 Å². The molecule has 0 bridgehead atoms. The van der Waals surface area contributed by atoms with Crippen molar-refractivity contribution < 1.29 is 14.4 Å². The van der Waals surface area contributed by atoms with Crippen molar-refractivity contribution in [2.75, 3.05) is 0 Å². The van der Waals surface area contributed by atoms with Gasteiger partial charge in [-0.15, -0.1) is 0 Å². The van der Waals surface area contributed by atoms with Crippen LogP contribution in [0.1, 0.15) is 18.5 Å². The maximum Gasteiger partial charge on any atom is 0.288 e. The van der Waals surface area contributed by atoms with Gasteiger partial charge in [-0.1, -0.05) is 29.8 Å². The molecule has 88 valence electrons. The molecule has 0 spiro atoms. The molecule has 4 nitrogen and oxygen atoms in total. The summed E-state index contributed by atoms with van der Waals surface area (Å²) in [6.07, 6.45) is 0. The van der Waals surface area contributed by atoms with Gasteiger partial charge in [-0.2, -0.15) is 0 Å². The average molecular weight is 252 g/mol. The Morgan fingerprint density at radius 1 is 1.29 bits per heavy atom. The molecule has 2 unspecified atom stereocenters. The Bertz CT molecular complexity index is 512. The van der Waals surface area contributed by atoms with Gasteiger partial charge in [0.1, 0.15) is 11.7 Å². The van der Waals surface area contributed by atoms with Crippen molar-refractivity contribution in [3.05, 3.63) is 34.9 Å². The predicted octanol–water partition coefficient (Wildman–Crippen LogP) is 1.29. The zero-order valence-corrected chi connectivity index (χ0v) is 9.82. The van der Waals surface area contributed by atoms with Gasteiger partial charge in [0, 0.05) is 5.02 Å². The smallest absolute Gasteiger partial charge is 0.288 e. The van der Waals surface area contributed by atoms with Gasteiger partial charge in [-0.25, -0.2) is 0 Å². The molecule has 17 heavy (non-hydrogen) atoms. The minimum absolute atomic E-state index is 0.335. The van der Waals surface area contributed by atoms with Gasteiger partial charge in [0.05, 0.1) is 6.04 Å². The van der Waals surface area contributed by atoms with Crippen LogP contribution in [0.15, 0.2) is 24.3 Å². The maximum atomic E-state index is 11.6. The minimum atomic E-state index is -0.970. The lowest BCUT2D eigenvalue weighted by atomic mass is 9.90. The molecule has 1 fully saturated rings. The average Bonchev–Trinajstić information content (AvgIpc) is 2.56. The van der Waals surface area contributed by atoms with Crippen LogP contribution in [0.25, 0.3) is 0 Å². The number of benzene rings is 1. The molecule has 0 saturated carbocycles. The van der Waals surface area contributed by atoms with Crippen LogP contribution in [0, 0.1) is 5.92 Å². The summed E-state index contributed by atoms with van der Waals surface area (Å²) in [5.74, 6) is -2.72. The SMILES string of the molecule is CC(=O)C1C(=O)C(=O)NC1c1ccccc1Cl. The van der Waals surface area contributed by atoms with Gasteiger partial charge in [-0.3, -0.25) is 14.4 Å². The maximum absolute atomic E-state index is 11.6. The highest BCUT2D eigenvalue weighted by molar-refractivity contribution is 6.43. The van der Waals surface area contributed by atoms with Crippen LogP contribution in [-0.4, -0.2) is 17.5 Å². The number of halogens is 1. The largest absolute Gasteiger partial charge is 0.341 e. The molecule has 1 amide bonds. The Labute approximate surface area is 103 Å². The van der Waals surface area contributed by atoms with Crippen LogP contribution in [-0.2, 0) is 14.4 Å². The normalized spacial score (nSPS) is 23.6. The quantitative estimate of drug-likeness (QED) is 0.636. The van der Waals surface area contributed by atoms with Gasteiger partial charge in [0.2, 0.25) is 5.78 Å². The number of hydrogen-bond donors (Lipinski definition) is 1. The van der Waals surface area contributed by atoms with Gasteiger partial charge in [0.15, 0.2) is 0 Å². The zero-order chi connectivity index (χ0) is 12.6. The van der Waals surface area contributed by atoms with Crippen LogP contribution in [0.2, 0.25) is 5.02 Å². The third kappa shape index (κ3) is 1.96. The molecular formula is C12H10ClNO3. The van der Waals surface area contributed by atoms with E-state index in [1.165, 1.54) is 6.92 Å². The first kappa shape index (κ1) is 11.8. The number of rotatable bonds is 2. The highest BCUT2D eigenvalue weighted by Crippen LogP contribution is 2.32. The van der Waals surface area contributed by atoms with E-state index in [2.05, 4.69) is 5.32 Å². The van der Waals surface area contributed by atoms with E-state index in [0.29, 0.717) is 10.6 Å². The summed E-state index contributed by atoms with van der Waals surface area (Å²) in [7, 11) is 0. The Morgan fingerprint density at radius 2 is 1.94 bits per heavy atom. The first-order valence-electron chi connectivity index (χ1n) is 5.12. The van der Waals surface area contributed by atoms with Crippen LogP contribution in [0.5, 0.6) is 0 Å². The van der Waals surface area contributed by atoms with E-state index in [1.54, 1.807) is 24.3 Å². The fourth-order valence-corrected chi connectivity index (χ4v) is 2.25. The van der Waals surface area contributed by atoms with Gasteiger partial charge in [-0.05, 0) is 18.6 Å². The Morgan fingerprint density at radius 3 is 2.53 bits per heavy atom. The molecule has 2 atom stereocenters. The highest BCUT2D eigenvalue weighted by Gasteiger charge is 2.45. The van der Waals surface area contributed by atoms with E-state index in [4.69, 9.17) is 11.6 Å². The summed E-state index contributed by atoms with van der Waals surface area (Å²) < 4.78 is 0. The molecule has 1 aliphatic rings. The van der Waals surface area contributed by atoms with Crippen LogP contribution >= 0.6 is 11.6 Å². The van der Waals surface area contributed by atoms with Crippen LogP contribution in [0.4, 0.5) is 0 Å². The summed E-state index contributed by atoms with van der Waals surface area (Å²) in [4.78, 5) is 34.3. The van der Waals surface area contributed by atoms with Crippen molar-refractivity contribution in [2.45, 2.75) is 13.0 Å². The molecule has 5 heteroatoms. The highest BCUT2D eigenvalue weighted by atomic mass is 35.5. The number of nitrogens with one attached hydrogen (secondary N) is 1. The van der Waals surface area contributed by atoms with Crippen molar-refractivity contribution in [1.82, 2.24) is 5.32 Å². The predicted molar refractivity (Wildman–Crippen MR) is 61.5 cm³/mol. The third-order valence-electron chi connectivity index (χ3n) is 2.80. The monoisotopic (exact) mass is 251 g/mol. The van der Waals surface area contributed by atoms with Gasteiger partial charge < -0.3 is 5.32 Å². The summed E-state index contributed by atoms with van der Waals surface area (Å²) >= 11 is 6.00. The lowest BCUT2D eigenvalue weighted by Crippen LogP contribution is -2.24.